The van der Waals surface area contributed by atoms with E-state index in [0.29, 0.717) is 38.2 Å². The highest BCUT2D eigenvalue weighted by atomic mass is 16.2. The third kappa shape index (κ3) is 4.18. The van der Waals surface area contributed by atoms with Gasteiger partial charge in [-0.3, -0.25) is 14.5 Å². The zero-order valence-corrected chi connectivity index (χ0v) is 20.1. The van der Waals surface area contributed by atoms with E-state index >= 15 is 0 Å². The summed E-state index contributed by atoms with van der Waals surface area (Å²) >= 11 is 0. The molecule has 0 radical (unpaired) electrons. The maximum Gasteiger partial charge on any atom is 0.253 e. The first-order valence-electron chi connectivity index (χ1n) is 11.9. The van der Waals surface area contributed by atoms with Gasteiger partial charge < -0.3 is 9.80 Å². The molecule has 0 aliphatic carbocycles. The summed E-state index contributed by atoms with van der Waals surface area (Å²) in [5, 5.41) is 4.47. The SMILES string of the molecule is Cc1cc2n(n1)CCC(=O)N2Cc1ccc(C(=O)N2CCN(c3cccc(C)c3C)CC2)cc1. The molecule has 2 aliphatic rings. The molecule has 7 heteroatoms. The number of anilines is 2. The summed E-state index contributed by atoms with van der Waals surface area (Å²) in [6, 6.07) is 16.0. The van der Waals surface area contributed by atoms with Gasteiger partial charge in [0, 0.05) is 49.9 Å². The second-order valence-corrected chi connectivity index (χ2v) is 9.29. The molecule has 5 rings (SSSR count). The van der Waals surface area contributed by atoms with Crippen LogP contribution in [0.5, 0.6) is 0 Å². The van der Waals surface area contributed by atoms with Crippen LogP contribution in [-0.4, -0.2) is 52.7 Å². The van der Waals surface area contributed by atoms with Gasteiger partial charge in [0.1, 0.15) is 5.82 Å². The standard InChI is InChI=1S/C27H31N5O2/c1-19-5-4-6-24(21(19)3)29-13-15-30(16-14-29)27(34)23-9-7-22(8-10-23)18-31-25-17-20(2)28-32(25)12-11-26(31)33/h4-10,17H,11-16,18H2,1-3H3. The molecule has 176 valence electrons. The number of hydrogen-bond donors (Lipinski definition) is 0. The largest absolute Gasteiger partial charge is 0.368 e. The van der Waals surface area contributed by atoms with Gasteiger partial charge in [-0.25, -0.2) is 4.68 Å². The van der Waals surface area contributed by atoms with E-state index in [4.69, 9.17) is 0 Å². The van der Waals surface area contributed by atoms with Crippen LogP contribution in [0.1, 0.15) is 39.2 Å². The molecule has 2 aliphatic heterocycles. The molecule has 1 aromatic heterocycles. The minimum atomic E-state index is 0.0647. The van der Waals surface area contributed by atoms with E-state index in [2.05, 4.69) is 42.0 Å². The monoisotopic (exact) mass is 457 g/mol. The smallest absolute Gasteiger partial charge is 0.253 e. The van der Waals surface area contributed by atoms with Crippen molar-refractivity contribution in [2.75, 3.05) is 36.0 Å². The topological polar surface area (TPSA) is 61.7 Å². The van der Waals surface area contributed by atoms with Crippen LogP contribution in [0, 0.1) is 20.8 Å². The Morgan fingerprint density at radius 2 is 1.68 bits per heavy atom. The van der Waals surface area contributed by atoms with Crippen molar-refractivity contribution in [3.05, 3.63) is 76.5 Å². The van der Waals surface area contributed by atoms with Crippen molar-refractivity contribution in [1.82, 2.24) is 14.7 Å². The van der Waals surface area contributed by atoms with Gasteiger partial charge in [0.15, 0.2) is 0 Å². The zero-order valence-electron chi connectivity index (χ0n) is 20.1. The van der Waals surface area contributed by atoms with E-state index in [1.165, 1.54) is 16.8 Å². The van der Waals surface area contributed by atoms with Gasteiger partial charge in [0.2, 0.25) is 5.91 Å². The Labute approximate surface area is 200 Å². The van der Waals surface area contributed by atoms with E-state index in [-0.39, 0.29) is 11.8 Å². The Morgan fingerprint density at radius 1 is 0.941 bits per heavy atom. The van der Waals surface area contributed by atoms with Crippen molar-refractivity contribution in [2.45, 2.75) is 40.3 Å². The van der Waals surface area contributed by atoms with Crippen molar-refractivity contribution < 1.29 is 9.59 Å². The van der Waals surface area contributed by atoms with E-state index in [1.54, 1.807) is 4.90 Å². The van der Waals surface area contributed by atoms with Gasteiger partial charge in [-0.05, 0) is 55.7 Å². The fraction of sp³-hybridized carbons (Fsp3) is 0.370. The van der Waals surface area contributed by atoms with Crippen molar-refractivity contribution >= 4 is 23.3 Å². The van der Waals surface area contributed by atoms with Gasteiger partial charge in [-0.2, -0.15) is 5.10 Å². The fourth-order valence-electron chi connectivity index (χ4n) is 4.89. The number of nitrogens with zero attached hydrogens (tertiary/aromatic N) is 5. The first-order chi connectivity index (χ1) is 16.4. The molecular weight excluding hydrogens is 426 g/mol. The summed E-state index contributed by atoms with van der Waals surface area (Å²) in [5.74, 6) is 1.01. The summed E-state index contributed by atoms with van der Waals surface area (Å²) < 4.78 is 1.90. The molecule has 1 fully saturated rings. The number of fused-ring (bicyclic) bond motifs is 1. The minimum absolute atomic E-state index is 0.0647. The van der Waals surface area contributed by atoms with Crippen LogP contribution in [0.4, 0.5) is 11.5 Å². The Kier molecular flexibility index (Phi) is 5.86. The molecular formula is C27H31N5O2. The highest BCUT2D eigenvalue weighted by Crippen LogP contribution is 2.26. The van der Waals surface area contributed by atoms with Crippen molar-refractivity contribution in [3.8, 4) is 0 Å². The normalized spacial score (nSPS) is 16.1. The minimum Gasteiger partial charge on any atom is -0.368 e. The van der Waals surface area contributed by atoms with Crippen LogP contribution in [0.15, 0.2) is 48.5 Å². The molecule has 2 aromatic carbocycles. The maximum absolute atomic E-state index is 13.1. The maximum atomic E-state index is 13.1. The molecule has 0 spiro atoms. The Balaban J connectivity index is 1.23. The quantitative estimate of drug-likeness (QED) is 0.599. The summed E-state index contributed by atoms with van der Waals surface area (Å²) in [4.78, 5) is 31.7. The molecule has 0 saturated carbocycles. The van der Waals surface area contributed by atoms with Gasteiger partial charge >= 0.3 is 0 Å². The number of aromatic nitrogens is 2. The average Bonchev–Trinajstić information content (AvgIpc) is 3.23. The summed E-state index contributed by atoms with van der Waals surface area (Å²) in [6.07, 6.45) is 0.457. The van der Waals surface area contributed by atoms with E-state index in [9.17, 15) is 9.59 Å². The van der Waals surface area contributed by atoms with Crippen molar-refractivity contribution in [1.29, 1.82) is 0 Å². The Hall–Kier alpha value is -3.61. The predicted molar refractivity (Wildman–Crippen MR) is 133 cm³/mol. The number of hydrogen-bond acceptors (Lipinski definition) is 4. The molecule has 7 nitrogen and oxygen atoms in total. The second-order valence-electron chi connectivity index (χ2n) is 9.29. The number of carbonyl (C=O) groups is 2. The lowest BCUT2D eigenvalue weighted by molar-refractivity contribution is -0.119. The van der Waals surface area contributed by atoms with E-state index in [1.807, 2.05) is 46.8 Å². The van der Waals surface area contributed by atoms with Crippen LogP contribution in [0.2, 0.25) is 0 Å². The molecule has 3 aromatic rings. The van der Waals surface area contributed by atoms with Gasteiger partial charge in [-0.15, -0.1) is 0 Å². The van der Waals surface area contributed by atoms with Gasteiger partial charge in [-0.1, -0.05) is 24.3 Å². The highest BCUT2D eigenvalue weighted by Gasteiger charge is 2.26. The number of amides is 2. The first kappa shape index (κ1) is 22.2. The summed E-state index contributed by atoms with van der Waals surface area (Å²) in [7, 11) is 0. The zero-order chi connectivity index (χ0) is 23.8. The number of carbonyl (C=O) groups excluding carboxylic acids is 2. The van der Waals surface area contributed by atoms with E-state index < -0.39 is 0 Å². The van der Waals surface area contributed by atoms with E-state index in [0.717, 1.165) is 30.2 Å². The third-order valence-corrected chi connectivity index (χ3v) is 7.02. The van der Waals surface area contributed by atoms with Crippen LogP contribution in [0.3, 0.4) is 0 Å². The van der Waals surface area contributed by atoms with Crippen LogP contribution >= 0.6 is 0 Å². The average molecular weight is 458 g/mol. The van der Waals surface area contributed by atoms with Crippen molar-refractivity contribution in [3.63, 3.8) is 0 Å². The van der Waals surface area contributed by atoms with Crippen molar-refractivity contribution in [2.24, 2.45) is 0 Å². The number of rotatable bonds is 4. The molecule has 0 atom stereocenters. The van der Waals surface area contributed by atoms with Crippen LogP contribution in [-0.2, 0) is 17.9 Å². The second kappa shape index (κ2) is 8.97. The van der Waals surface area contributed by atoms with Gasteiger partial charge in [0.25, 0.3) is 5.91 Å². The lowest BCUT2D eigenvalue weighted by atomic mass is 10.1. The van der Waals surface area contributed by atoms with Gasteiger partial charge in [0.05, 0.1) is 18.8 Å². The lowest BCUT2D eigenvalue weighted by Crippen LogP contribution is -2.49. The molecule has 2 amide bonds. The molecule has 0 bridgehead atoms. The Bertz CT molecular complexity index is 1220. The number of benzene rings is 2. The molecule has 0 N–H and O–H groups in total. The summed E-state index contributed by atoms with van der Waals surface area (Å²) in [6.45, 7) is 10.4. The first-order valence-corrected chi connectivity index (χ1v) is 11.9. The molecule has 3 heterocycles. The fourth-order valence-corrected chi connectivity index (χ4v) is 4.89. The number of piperazine rings is 1. The summed E-state index contributed by atoms with van der Waals surface area (Å²) in [5.41, 5.74) is 6.46. The molecule has 0 unspecified atom stereocenters. The third-order valence-electron chi connectivity index (χ3n) is 7.02. The molecule has 34 heavy (non-hydrogen) atoms. The predicted octanol–water partition coefficient (Wildman–Crippen LogP) is 3.71. The lowest BCUT2D eigenvalue weighted by Gasteiger charge is -2.37. The van der Waals surface area contributed by atoms with Crippen LogP contribution in [0.25, 0.3) is 0 Å². The van der Waals surface area contributed by atoms with Crippen LogP contribution < -0.4 is 9.80 Å². The Morgan fingerprint density at radius 3 is 2.41 bits per heavy atom. The number of aryl methyl sites for hydroxylation is 3. The molecule has 1 saturated heterocycles. The highest BCUT2D eigenvalue weighted by molar-refractivity contribution is 5.95.